The molecule has 0 aromatic rings. The average molecular weight is 249 g/mol. The zero-order chi connectivity index (χ0) is 13.6. The predicted octanol–water partition coefficient (Wildman–Crippen LogP) is 4.85. The molecule has 1 aliphatic rings. The van der Waals surface area contributed by atoms with Gasteiger partial charge < -0.3 is 5.32 Å². The number of nitrogens with one attached hydrogen (secondary N) is 1. The van der Waals surface area contributed by atoms with E-state index in [2.05, 4.69) is 39.6 Å². The number of hydrogen-bond donors (Lipinski definition) is 1. The molecule has 0 atom stereocenters. The van der Waals surface area contributed by atoms with Crippen molar-refractivity contribution < 1.29 is 0 Å². The van der Waals surface area contributed by atoms with Crippen LogP contribution in [0.25, 0.3) is 0 Å². The molecule has 0 aromatic carbocycles. The maximum Gasteiger partial charge on any atom is 0.0207 e. The van der Waals surface area contributed by atoms with Crippen LogP contribution >= 0.6 is 0 Å². The van der Waals surface area contributed by atoms with E-state index < -0.39 is 0 Å². The Morgan fingerprint density at radius 3 is 2.33 bits per heavy atom. The van der Waals surface area contributed by atoms with Gasteiger partial charge >= 0.3 is 0 Å². The van der Waals surface area contributed by atoms with Crippen molar-refractivity contribution in [2.24, 2.45) is 5.41 Å². The molecule has 1 N–H and O–H groups in total. The van der Waals surface area contributed by atoms with E-state index in [1.54, 1.807) is 5.57 Å². The summed E-state index contributed by atoms with van der Waals surface area (Å²) >= 11 is 0. The molecule has 1 heteroatoms. The first-order chi connectivity index (χ1) is 8.58. The highest BCUT2D eigenvalue weighted by Gasteiger charge is 2.31. The molecule has 104 valence electrons. The van der Waals surface area contributed by atoms with Gasteiger partial charge in [-0.25, -0.2) is 0 Å². The Bertz CT molecular complexity index is 306. The van der Waals surface area contributed by atoms with Crippen LogP contribution in [0.3, 0.4) is 0 Å². The van der Waals surface area contributed by atoms with Gasteiger partial charge in [-0.2, -0.15) is 0 Å². The van der Waals surface area contributed by atoms with Gasteiger partial charge in [-0.1, -0.05) is 51.3 Å². The molecule has 0 saturated heterocycles. The fourth-order valence-electron chi connectivity index (χ4n) is 3.51. The topological polar surface area (TPSA) is 12.0 Å². The SMILES string of the molecule is C=C(CC)C1=C(C)CC(CCC)(CCC)CNC1. The number of allylic oxidation sites excluding steroid dienone is 1. The second kappa shape index (κ2) is 7.13. The van der Waals surface area contributed by atoms with Crippen LogP contribution < -0.4 is 5.32 Å². The summed E-state index contributed by atoms with van der Waals surface area (Å²) in [6.07, 6.45) is 7.60. The third kappa shape index (κ3) is 3.71. The van der Waals surface area contributed by atoms with E-state index in [1.165, 1.54) is 49.8 Å². The van der Waals surface area contributed by atoms with E-state index in [9.17, 15) is 0 Å². The maximum absolute atomic E-state index is 4.23. The molecule has 0 fully saturated rings. The molecule has 0 saturated carbocycles. The van der Waals surface area contributed by atoms with E-state index in [-0.39, 0.29) is 0 Å². The molecular formula is C17H31N. The Labute approximate surface area is 114 Å². The molecule has 0 aliphatic carbocycles. The third-order valence-electron chi connectivity index (χ3n) is 4.37. The Hall–Kier alpha value is -0.560. The van der Waals surface area contributed by atoms with Crippen molar-refractivity contribution in [3.05, 3.63) is 23.3 Å². The molecule has 1 heterocycles. The summed E-state index contributed by atoms with van der Waals surface area (Å²) in [5, 5.41) is 3.68. The molecule has 0 radical (unpaired) electrons. The van der Waals surface area contributed by atoms with Crippen LogP contribution in [-0.2, 0) is 0 Å². The summed E-state index contributed by atoms with van der Waals surface area (Å²) in [5.74, 6) is 0. The smallest absolute Gasteiger partial charge is 0.0207 e. The first-order valence-corrected chi connectivity index (χ1v) is 7.66. The van der Waals surface area contributed by atoms with Crippen molar-refractivity contribution >= 4 is 0 Å². The predicted molar refractivity (Wildman–Crippen MR) is 81.9 cm³/mol. The molecular weight excluding hydrogens is 218 g/mol. The average Bonchev–Trinajstić information content (AvgIpc) is 2.49. The van der Waals surface area contributed by atoms with Gasteiger partial charge in [0.25, 0.3) is 0 Å². The van der Waals surface area contributed by atoms with Crippen molar-refractivity contribution in [2.75, 3.05) is 13.1 Å². The van der Waals surface area contributed by atoms with Gasteiger partial charge in [-0.15, -0.1) is 0 Å². The van der Waals surface area contributed by atoms with Crippen molar-refractivity contribution in [3.8, 4) is 0 Å². The second-order valence-electron chi connectivity index (χ2n) is 6.00. The quantitative estimate of drug-likeness (QED) is 0.709. The molecule has 0 bridgehead atoms. The van der Waals surface area contributed by atoms with E-state index in [0.717, 1.165) is 13.0 Å². The molecule has 0 aromatic heterocycles. The molecule has 0 unspecified atom stereocenters. The third-order valence-corrected chi connectivity index (χ3v) is 4.37. The van der Waals surface area contributed by atoms with Crippen molar-refractivity contribution in [2.45, 2.75) is 66.2 Å². The lowest BCUT2D eigenvalue weighted by molar-refractivity contribution is 0.228. The first kappa shape index (κ1) is 15.5. The monoisotopic (exact) mass is 249 g/mol. The van der Waals surface area contributed by atoms with Crippen LogP contribution in [0.4, 0.5) is 0 Å². The molecule has 18 heavy (non-hydrogen) atoms. The van der Waals surface area contributed by atoms with Crippen LogP contribution in [-0.4, -0.2) is 13.1 Å². The summed E-state index contributed by atoms with van der Waals surface area (Å²) in [6.45, 7) is 15.6. The van der Waals surface area contributed by atoms with Gasteiger partial charge in [0.05, 0.1) is 0 Å². The Morgan fingerprint density at radius 2 is 1.83 bits per heavy atom. The zero-order valence-electron chi connectivity index (χ0n) is 12.9. The highest BCUT2D eigenvalue weighted by Crippen LogP contribution is 2.39. The van der Waals surface area contributed by atoms with Crippen LogP contribution in [0.2, 0.25) is 0 Å². The Balaban J connectivity index is 2.93. The molecule has 1 nitrogen and oxygen atoms in total. The standard InChI is InChI=1S/C17H31N/c1-6-9-17(10-7-2)11-15(5)16(12-18-13-17)14(4)8-3/h18H,4,6-13H2,1-3,5H3. The summed E-state index contributed by atoms with van der Waals surface area (Å²) in [7, 11) is 0. The van der Waals surface area contributed by atoms with E-state index >= 15 is 0 Å². The minimum atomic E-state index is 0.489. The van der Waals surface area contributed by atoms with Gasteiger partial charge in [0.1, 0.15) is 0 Å². The highest BCUT2D eigenvalue weighted by molar-refractivity contribution is 5.35. The van der Waals surface area contributed by atoms with Gasteiger partial charge in [-0.05, 0) is 43.6 Å². The molecule has 1 rings (SSSR count). The fourth-order valence-corrected chi connectivity index (χ4v) is 3.51. The maximum atomic E-state index is 4.23. The van der Waals surface area contributed by atoms with E-state index in [1.807, 2.05) is 0 Å². The fraction of sp³-hybridized carbons (Fsp3) is 0.765. The Kier molecular flexibility index (Phi) is 6.14. The molecule has 0 amide bonds. The molecule has 1 aliphatic heterocycles. The largest absolute Gasteiger partial charge is 0.312 e. The van der Waals surface area contributed by atoms with E-state index in [0.29, 0.717) is 5.41 Å². The zero-order valence-corrected chi connectivity index (χ0v) is 12.9. The highest BCUT2D eigenvalue weighted by atomic mass is 14.9. The van der Waals surface area contributed by atoms with Crippen LogP contribution in [0.15, 0.2) is 23.3 Å². The second-order valence-corrected chi connectivity index (χ2v) is 6.00. The van der Waals surface area contributed by atoms with Gasteiger partial charge in [0.2, 0.25) is 0 Å². The summed E-state index contributed by atoms with van der Waals surface area (Å²) in [4.78, 5) is 0. The van der Waals surface area contributed by atoms with Crippen LogP contribution in [0.1, 0.15) is 66.2 Å². The van der Waals surface area contributed by atoms with Gasteiger partial charge in [0.15, 0.2) is 0 Å². The summed E-state index contributed by atoms with van der Waals surface area (Å²) < 4.78 is 0. The van der Waals surface area contributed by atoms with Gasteiger partial charge in [0, 0.05) is 13.1 Å². The minimum Gasteiger partial charge on any atom is -0.312 e. The lowest BCUT2D eigenvalue weighted by Crippen LogP contribution is -2.33. The van der Waals surface area contributed by atoms with Gasteiger partial charge in [-0.3, -0.25) is 0 Å². The summed E-state index contributed by atoms with van der Waals surface area (Å²) in [6, 6.07) is 0. The minimum absolute atomic E-state index is 0.489. The normalized spacial score (nSPS) is 19.8. The number of hydrogen-bond acceptors (Lipinski definition) is 1. The van der Waals surface area contributed by atoms with Crippen LogP contribution in [0, 0.1) is 5.41 Å². The lowest BCUT2D eigenvalue weighted by atomic mass is 9.74. The lowest BCUT2D eigenvalue weighted by Gasteiger charge is -2.33. The van der Waals surface area contributed by atoms with Crippen molar-refractivity contribution in [3.63, 3.8) is 0 Å². The Morgan fingerprint density at radius 1 is 1.22 bits per heavy atom. The number of rotatable bonds is 6. The van der Waals surface area contributed by atoms with Crippen molar-refractivity contribution in [1.82, 2.24) is 5.32 Å². The first-order valence-electron chi connectivity index (χ1n) is 7.66. The summed E-state index contributed by atoms with van der Waals surface area (Å²) in [5.41, 5.74) is 4.88. The van der Waals surface area contributed by atoms with E-state index in [4.69, 9.17) is 0 Å². The van der Waals surface area contributed by atoms with Crippen LogP contribution in [0.5, 0.6) is 0 Å². The van der Waals surface area contributed by atoms with Crippen molar-refractivity contribution in [1.29, 1.82) is 0 Å². The molecule has 0 spiro atoms.